The van der Waals surface area contributed by atoms with Crippen LogP contribution in [0.25, 0.3) is 0 Å². The van der Waals surface area contributed by atoms with Gasteiger partial charge in [-0.1, -0.05) is 6.07 Å². The van der Waals surface area contributed by atoms with Crippen molar-refractivity contribution in [2.24, 2.45) is 5.41 Å². The van der Waals surface area contributed by atoms with Crippen molar-refractivity contribution in [1.29, 1.82) is 0 Å². The van der Waals surface area contributed by atoms with Crippen molar-refractivity contribution < 1.29 is 18.7 Å². The zero-order chi connectivity index (χ0) is 17.1. The van der Waals surface area contributed by atoms with Gasteiger partial charge in [0.25, 0.3) is 5.91 Å². The highest BCUT2D eigenvalue weighted by molar-refractivity contribution is 5.93. The molecule has 2 aromatic heterocycles. The zero-order valence-electron chi connectivity index (χ0n) is 14.1. The van der Waals surface area contributed by atoms with E-state index in [4.69, 9.17) is 13.9 Å². The number of aromatic nitrogens is 1. The van der Waals surface area contributed by atoms with E-state index in [1.807, 2.05) is 23.1 Å². The van der Waals surface area contributed by atoms with E-state index in [1.165, 1.54) is 12.5 Å². The fourth-order valence-corrected chi connectivity index (χ4v) is 3.71. The van der Waals surface area contributed by atoms with E-state index in [0.29, 0.717) is 18.1 Å². The molecule has 0 bridgehead atoms. The second-order valence-electron chi connectivity index (χ2n) is 6.92. The Morgan fingerprint density at radius 1 is 1.32 bits per heavy atom. The van der Waals surface area contributed by atoms with Crippen LogP contribution < -0.4 is 4.74 Å². The number of hydrogen-bond acceptors (Lipinski definition) is 5. The van der Waals surface area contributed by atoms with E-state index in [1.54, 1.807) is 12.3 Å². The van der Waals surface area contributed by atoms with E-state index >= 15 is 0 Å². The third kappa shape index (κ3) is 3.54. The average Bonchev–Trinajstić information content (AvgIpc) is 3.32. The monoisotopic (exact) mass is 342 g/mol. The number of amides is 1. The van der Waals surface area contributed by atoms with Gasteiger partial charge in [-0.2, -0.15) is 0 Å². The molecule has 0 aliphatic carbocycles. The van der Waals surface area contributed by atoms with Crippen LogP contribution in [-0.4, -0.2) is 48.2 Å². The number of hydrogen-bond donors (Lipinski definition) is 0. The molecule has 2 saturated heterocycles. The number of likely N-dealkylation sites (tertiary alicyclic amines) is 1. The van der Waals surface area contributed by atoms with Crippen molar-refractivity contribution in [2.45, 2.75) is 25.4 Å². The highest BCUT2D eigenvalue weighted by Gasteiger charge is 2.43. The van der Waals surface area contributed by atoms with Crippen molar-refractivity contribution in [3.05, 3.63) is 48.6 Å². The predicted molar refractivity (Wildman–Crippen MR) is 90.4 cm³/mol. The fraction of sp³-hybridized carbons (Fsp3) is 0.474. The number of piperidine rings is 1. The molecule has 6 nitrogen and oxygen atoms in total. The van der Waals surface area contributed by atoms with Crippen LogP contribution >= 0.6 is 0 Å². The van der Waals surface area contributed by atoms with Gasteiger partial charge < -0.3 is 18.8 Å². The molecule has 6 heteroatoms. The summed E-state index contributed by atoms with van der Waals surface area (Å²) in [6.07, 6.45) is 7.78. The molecule has 2 aliphatic rings. The molecular formula is C19H22N2O4. The standard InChI is InChI=1S/C19H22N2O4/c22-18(15-4-10-23-12-15)21-8-5-19(6-9-21)11-16(25-14-19)13-24-17-3-1-2-7-20-17/h1-4,7,10,12,16H,5-6,8-9,11,13-14H2/t16-/m0/s1. The van der Waals surface area contributed by atoms with E-state index in [-0.39, 0.29) is 17.4 Å². The van der Waals surface area contributed by atoms with E-state index < -0.39 is 0 Å². The Morgan fingerprint density at radius 3 is 2.92 bits per heavy atom. The van der Waals surface area contributed by atoms with Gasteiger partial charge >= 0.3 is 0 Å². The minimum absolute atomic E-state index is 0.0533. The molecule has 4 heterocycles. The summed E-state index contributed by atoms with van der Waals surface area (Å²) in [5.41, 5.74) is 0.797. The maximum atomic E-state index is 12.4. The summed E-state index contributed by atoms with van der Waals surface area (Å²) in [5.74, 6) is 0.685. The first-order valence-corrected chi connectivity index (χ1v) is 8.71. The summed E-state index contributed by atoms with van der Waals surface area (Å²) in [5, 5.41) is 0. The Bertz CT molecular complexity index is 693. The molecule has 25 heavy (non-hydrogen) atoms. The van der Waals surface area contributed by atoms with Crippen LogP contribution in [0.1, 0.15) is 29.6 Å². The molecule has 2 aliphatic heterocycles. The number of rotatable bonds is 4. The van der Waals surface area contributed by atoms with Gasteiger partial charge in [0.15, 0.2) is 0 Å². The van der Waals surface area contributed by atoms with Crippen molar-refractivity contribution in [3.63, 3.8) is 0 Å². The van der Waals surface area contributed by atoms with Crippen molar-refractivity contribution >= 4 is 5.91 Å². The Hall–Kier alpha value is -2.34. The second kappa shape index (κ2) is 6.88. The van der Waals surface area contributed by atoms with E-state index in [0.717, 1.165) is 39.0 Å². The van der Waals surface area contributed by atoms with Gasteiger partial charge in [0, 0.05) is 25.4 Å². The molecular weight excluding hydrogens is 320 g/mol. The summed E-state index contributed by atoms with van der Waals surface area (Å²) in [7, 11) is 0. The maximum Gasteiger partial charge on any atom is 0.257 e. The smallest absolute Gasteiger partial charge is 0.257 e. The van der Waals surface area contributed by atoms with Gasteiger partial charge in [-0.15, -0.1) is 0 Å². The first-order valence-electron chi connectivity index (χ1n) is 8.71. The summed E-state index contributed by atoms with van der Waals surface area (Å²) in [6.45, 7) is 2.80. The van der Waals surface area contributed by atoms with Crippen LogP contribution in [-0.2, 0) is 4.74 Å². The number of nitrogens with zero attached hydrogens (tertiary/aromatic N) is 2. The molecule has 1 spiro atoms. The van der Waals surface area contributed by atoms with Gasteiger partial charge in [-0.25, -0.2) is 4.98 Å². The number of ether oxygens (including phenoxy) is 2. The highest BCUT2D eigenvalue weighted by Crippen LogP contribution is 2.42. The van der Waals surface area contributed by atoms with Gasteiger partial charge in [0.2, 0.25) is 5.88 Å². The van der Waals surface area contributed by atoms with Gasteiger partial charge in [-0.05, 0) is 36.8 Å². The quantitative estimate of drug-likeness (QED) is 0.855. The van der Waals surface area contributed by atoms with Crippen LogP contribution in [0.3, 0.4) is 0 Å². The molecule has 0 radical (unpaired) electrons. The van der Waals surface area contributed by atoms with Crippen molar-refractivity contribution in [1.82, 2.24) is 9.88 Å². The van der Waals surface area contributed by atoms with Gasteiger partial charge in [-0.3, -0.25) is 4.79 Å². The molecule has 2 aromatic rings. The van der Waals surface area contributed by atoms with Crippen LogP contribution in [0.5, 0.6) is 5.88 Å². The largest absolute Gasteiger partial charge is 0.475 e. The van der Waals surface area contributed by atoms with Crippen molar-refractivity contribution in [3.8, 4) is 5.88 Å². The third-order valence-corrected chi connectivity index (χ3v) is 5.22. The number of carbonyl (C=O) groups excluding carboxylic acids is 1. The topological polar surface area (TPSA) is 64.8 Å². The van der Waals surface area contributed by atoms with Crippen molar-refractivity contribution in [2.75, 3.05) is 26.3 Å². The molecule has 0 unspecified atom stereocenters. The Labute approximate surface area is 146 Å². The number of carbonyl (C=O) groups is 1. The molecule has 1 amide bonds. The molecule has 1 atom stereocenters. The molecule has 0 N–H and O–H groups in total. The van der Waals surface area contributed by atoms with Gasteiger partial charge in [0.1, 0.15) is 12.9 Å². The molecule has 0 saturated carbocycles. The molecule has 0 aromatic carbocycles. The second-order valence-corrected chi connectivity index (χ2v) is 6.92. The van der Waals surface area contributed by atoms with Crippen LogP contribution in [0, 0.1) is 5.41 Å². The lowest BCUT2D eigenvalue weighted by molar-refractivity contribution is 0.0422. The predicted octanol–water partition coefficient (Wildman–Crippen LogP) is 2.76. The maximum absolute atomic E-state index is 12.4. The highest BCUT2D eigenvalue weighted by atomic mass is 16.5. The molecule has 132 valence electrons. The normalized spacial score (nSPS) is 22.2. The Kier molecular flexibility index (Phi) is 4.44. The first-order chi connectivity index (χ1) is 12.2. The molecule has 4 rings (SSSR count). The number of furan rings is 1. The van der Waals surface area contributed by atoms with Crippen LogP contribution in [0.4, 0.5) is 0 Å². The van der Waals surface area contributed by atoms with E-state index in [2.05, 4.69) is 4.98 Å². The number of pyridine rings is 1. The lowest BCUT2D eigenvalue weighted by Gasteiger charge is -2.38. The lowest BCUT2D eigenvalue weighted by Crippen LogP contribution is -2.43. The third-order valence-electron chi connectivity index (χ3n) is 5.22. The van der Waals surface area contributed by atoms with Crippen LogP contribution in [0.2, 0.25) is 0 Å². The minimum Gasteiger partial charge on any atom is -0.475 e. The summed E-state index contributed by atoms with van der Waals surface area (Å²) in [6, 6.07) is 7.35. The Balaban J connectivity index is 1.28. The zero-order valence-corrected chi connectivity index (χ0v) is 14.1. The van der Waals surface area contributed by atoms with Gasteiger partial charge in [0.05, 0.1) is 24.5 Å². The first kappa shape index (κ1) is 16.1. The summed E-state index contributed by atoms with van der Waals surface area (Å²) in [4.78, 5) is 18.5. The summed E-state index contributed by atoms with van der Waals surface area (Å²) >= 11 is 0. The lowest BCUT2D eigenvalue weighted by atomic mass is 9.76. The average molecular weight is 342 g/mol. The minimum atomic E-state index is 0.0533. The molecule has 2 fully saturated rings. The van der Waals surface area contributed by atoms with Crippen LogP contribution in [0.15, 0.2) is 47.4 Å². The summed E-state index contributed by atoms with van der Waals surface area (Å²) < 4.78 is 16.7. The SMILES string of the molecule is O=C(c1ccoc1)N1CCC2(CC1)CO[C@H](COc1ccccn1)C2. The Morgan fingerprint density at radius 2 is 2.20 bits per heavy atom. The van der Waals surface area contributed by atoms with E-state index in [9.17, 15) is 4.79 Å². The fourth-order valence-electron chi connectivity index (χ4n) is 3.71.